The van der Waals surface area contributed by atoms with E-state index in [1.807, 2.05) is 4.90 Å². The van der Waals surface area contributed by atoms with Crippen molar-refractivity contribution < 1.29 is 9.90 Å². The van der Waals surface area contributed by atoms with Gasteiger partial charge in [-0.2, -0.15) is 0 Å². The number of amides is 1. The van der Waals surface area contributed by atoms with Gasteiger partial charge in [-0.05, 0) is 58.3 Å². The predicted octanol–water partition coefficient (Wildman–Crippen LogP) is 1.06. The topological polar surface area (TPSA) is 69.8 Å². The van der Waals surface area contributed by atoms with Gasteiger partial charge in [0.2, 0.25) is 5.91 Å². The van der Waals surface area contributed by atoms with Crippen LogP contribution in [0.3, 0.4) is 0 Å². The highest BCUT2D eigenvalue weighted by Crippen LogP contribution is 2.19. The van der Waals surface area contributed by atoms with Crippen LogP contribution in [0.15, 0.2) is 0 Å². The van der Waals surface area contributed by atoms with Crippen molar-refractivity contribution in [2.75, 3.05) is 39.8 Å². The SMILES string of the molecule is CCC(CCN)CCC(=O)N(CCO)C1CCN(C)CC1. The number of carbonyl (C=O) groups is 1. The number of nitrogens with two attached hydrogens (primary N) is 1. The summed E-state index contributed by atoms with van der Waals surface area (Å²) in [5, 5.41) is 9.26. The molecule has 1 amide bonds. The Balaban J connectivity index is 2.48. The van der Waals surface area contributed by atoms with E-state index in [1.54, 1.807) is 0 Å². The highest BCUT2D eigenvalue weighted by Gasteiger charge is 2.26. The van der Waals surface area contributed by atoms with E-state index in [0.29, 0.717) is 31.5 Å². The maximum Gasteiger partial charge on any atom is 0.222 e. The van der Waals surface area contributed by atoms with Crippen molar-refractivity contribution >= 4 is 5.91 Å². The van der Waals surface area contributed by atoms with Crippen LogP contribution in [0.4, 0.5) is 0 Å². The first-order valence-corrected chi connectivity index (χ1v) is 8.41. The van der Waals surface area contributed by atoms with Crippen LogP contribution in [0.5, 0.6) is 0 Å². The smallest absolute Gasteiger partial charge is 0.222 e. The minimum Gasteiger partial charge on any atom is -0.395 e. The van der Waals surface area contributed by atoms with Crippen LogP contribution < -0.4 is 5.73 Å². The first-order valence-electron chi connectivity index (χ1n) is 8.41. The summed E-state index contributed by atoms with van der Waals surface area (Å²) in [6.45, 7) is 5.45. The van der Waals surface area contributed by atoms with E-state index < -0.39 is 0 Å². The van der Waals surface area contributed by atoms with Gasteiger partial charge in [0.15, 0.2) is 0 Å². The molecule has 1 atom stereocenters. The number of hydrogen-bond donors (Lipinski definition) is 2. The molecule has 1 fully saturated rings. The zero-order chi connectivity index (χ0) is 15.7. The summed E-state index contributed by atoms with van der Waals surface area (Å²) in [6.07, 6.45) is 5.62. The quantitative estimate of drug-likeness (QED) is 0.668. The molecule has 21 heavy (non-hydrogen) atoms. The number of likely N-dealkylation sites (tertiary alicyclic amines) is 1. The van der Waals surface area contributed by atoms with Gasteiger partial charge in [-0.15, -0.1) is 0 Å². The van der Waals surface area contributed by atoms with Crippen LogP contribution in [0.2, 0.25) is 0 Å². The molecule has 124 valence electrons. The fourth-order valence-electron chi connectivity index (χ4n) is 3.18. The maximum absolute atomic E-state index is 12.5. The number of aliphatic hydroxyl groups excluding tert-OH is 1. The first kappa shape index (κ1) is 18.4. The zero-order valence-corrected chi connectivity index (χ0v) is 13.8. The van der Waals surface area contributed by atoms with E-state index in [2.05, 4.69) is 18.9 Å². The van der Waals surface area contributed by atoms with Gasteiger partial charge in [0.25, 0.3) is 0 Å². The van der Waals surface area contributed by atoms with Crippen molar-refractivity contribution in [1.82, 2.24) is 9.80 Å². The second-order valence-electron chi connectivity index (χ2n) is 6.24. The zero-order valence-electron chi connectivity index (χ0n) is 13.8. The van der Waals surface area contributed by atoms with Crippen molar-refractivity contribution in [1.29, 1.82) is 0 Å². The maximum atomic E-state index is 12.5. The fourth-order valence-corrected chi connectivity index (χ4v) is 3.18. The number of hydrogen-bond acceptors (Lipinski definition) is 4. The van der Waals surface area contributed by atoms with Crippen molar-refractivity contribution in [3.8, 4) is 0 Å². The summed E-state index contributed by atoms with van der Waals surface area (Å²) in [6, 6.07) is 0.301. The second-order valence-corrected chi connectivity index (χ2v) is 6.24. The molecule has 3 N–H and O–H groups in total. The van der Waals surface area contributed by atoms with E-state index in [4.69, 9.17) is 5.73 Å². The number of rotatable bonds is 9. The molecule has 0 radical (unpaired) electrons. The van der Waals surface area contributed by atoms with E-state index in [-0.39, 0.29) is 12.5 Å². The fraction of sp³-hybridized carbons (Fsp3) is 0.938. The van der Waals surface area contributed by atoms with Gasteiger partial charge in [0, 0.05) is 19.0 Å². The number of carbonyl (C=O) groups excluding carboxylic acids is 1. The average Bonchev–Trinajstić information content (AvgIpc) is 2.50. The van der Waals surface area contributed by atoms with Crippen molar-refractivity contribution in [2.24, 2.45) is 11.7 Å². The van der Waals surface area contributed by atoms with Gasteiger partial charge in [-0.3, -0.25) is 4.79 Å². The summed E-state index contributed by atoms with van der Waals surface area (Å²) < 4.78 is 0. The Kier molecular flexibility index (Phi) is 8.88. The third-order valence-electron chi connectivity index (χ3n) is 4.71. The average molecular weight is 299 g/mol. The highest BCUT2D eigenvalue weighted by molar-refractivity contribution is 5.76. The lowest BCUT2D eigenvalue weighted by atomic mass is 9.95. The molecule has 0 aromatic carbocycles. The lowest BCUT2D eigenvalue weighted by molar-refractivity contribution is -0.135. The molecule has 0 bridgehead atoms. The summed E-state index contributed by atoms with van der Waals surface area (Å²) >= 11 is 0. The third kappa shape index (κ3) is 6.32. The number of nitrogens with zero attached hydrogens (tertiary/aromatic N) is 2. The van der Waals surface area contributed by atoms with Crippen LogP contribution in [-0.2, 0) is 4.79 Å². The van der Waals surface area contributed by atoms with Gasteiger partial charge in [0.05, 0.1) is 6.61 Å². The largest absolute Gasteiger partial charge is 0.395 e. The standard InChI is InChI=1S/C16H33N3O2/c1-3-14(6-9-17)4-5-16(21)19(12-13-20)15-7-10-18(2)11-8-15/h14-15,20H,3-13,17H2,1-2H3. The molecule has 0 saturated carbocycles. The number of piperidine rings is 1. The monoisotopic (exact) mass is 299 g/mol. The minimum atomic E-state index is 0.0537. The Morgan fingerprint density at radius 3 is 2.57 bits per heavy atom. The summed E-state index contributed by atoms with van der Waals surface area (Å²) in [5.74, 6) is 0.751. The van der Waals surface area contributed by atoms with Crippen molar-refractivity contribution in [3.05, 3.63) is 0 Å². The summed E-state index contributed by atoms with van der Waals surface area (Å²) in [5.41, 5.74) is 5.62. The molecule has 5 nitrogen and oxygen atoms in total. The minimum absolute atomic E-state index is 0.0537. The normalized spacial score (nSPS) is 18.7. The van der Waals surface area contributed by atoms with Crippen LogP contribution in [0.1, 0.15) is 45.4 Å². The number of aliphatic hydroxyl groups is 1. The molecule has 1 heterocycles. The van der Waals surface area contributed by atoms with Gasteiger partial charge in [-0.1, -0.05) is 13.3 Å². The Hall–Kier alpha value is -0.650. The molecule has 0 aliphatic carbocycles. The predicted molar refractivity (Wildman–Crippen MR) is 86.0 cm³/mol. The molecule has 1 saturated heterocycles. The first-order chi connectivity index (χ1) is 10.1. The third-order valence-corrected chi connectivity index (χ3v) is 4.71. The second kappa shape index (κ2) is 10.1. The molecular formula is C16H33N3O2. The van der Waals surface area contributed by atoms with Gasteiger partial charge < -0.3 is 20.6 Å². The van der Waals surface area contributed by atoms with Crippen LogP contribution >= 0.6 is 0 Å². The van der Waals surface area contributed by atoms with Crippen molar-refractivity contribution in [3.63, 3.8) is 0 Å². The Morgan fingerprint density at radius 1 is 1.38 bits per heavy atom. The van der Waals surface area contributed by atoms with Gasteiger partial charge in [-0.25, -0.2) is 0 Å². The van der Waals surface area contributed by atoms with Gasteiger partial charge in [0.1, 0.15) is 0 Å². The molecule has 1 rings (SSSR count). The van der Waals surface area contributed by atoms with Crippen LogP contribution in [0, 0.1) is 5.92 Å². The molecule has 0 spiro atoms. The Bertz CT molecular complexity index is 291. The lowest BCUT2D eigenvalue weighted by Crippen LogP contribution is -2.47. The molecule has 1 aliphatic rings. The lowest BCUT2D eigenvalue weighted by Gasteiger charge is -2.37. The molecule has 1 unspecified atom stereocenters. The van der Waals surface area contributed by atoms with Gasteiger partial charge >= 0.3 is 0 Å². The molecule has 0 aromatic heterocycles. The van der Waals surface area contributed by atoms with Crippen LogP contribution in [-0.4, -0.2) is 66.7 Å². The van der Waals surface area contributed by atoms with E-state index >= 15 is 0 Å². The molecular weight excluding hydrogens is 266 g/mol. The summed E-state index contributed by atoms with van der Waals surface area (Å²) in [7, 11) is 2.12. The highest BCUT2D eigenvalue weighted by atomic mass is 16.3. The molecule has 1 aliphatic heterocycles. The Morgan fingerprint density at radius 2 is 2.05 bits per heavy atom. The van der Waals surface area contributed by atoms with Crippen molar-refractivity contribution in [2.45, 2.75) is 51.5 Å². The molecule has 0 aromatic rings. The molecule has 5 heteroatoms. The van der Waals surface area contributed by atoms with Crippen LogP contribution in [0.25, 0.3) is 0 Å². The van der Waals surface area contributed by atoms with E-state index in [1.165, 1.54) is 0 Å². The Labute approximate surface area is 129 Å². The van der Waals surface area contributed by atoms with E-state index in [9.17, 15) is 9.90 Å². The summed E-state index contributed by atoms with van der Waals surface area (Å²) in [4.78, 5) is 16.7. The van der Waals surface area contributed by atoms with E-state index in [0.717, 1.165) is 45.2 Å².